The van der Waals surface area contributed by atoms with Gasteiger partial charge in [0.15, 0.2) is 0 Å². The van der Waals surface area contributed by atoms with E-state index in [1.54, 1.807) is 19.5 Å². The van der Waals surface area contributed by atoms with Gasteiger partial charge in [-0.25, -0.2) is 0 Å². The summed E-state index contributed by atoms with van der Waals surface area (Å²) in [6.07, 6.45) is 3.52. The normalized spacial score (nSPS) is 11.6. The lowest BCUT2D eigenvalue weighted by Crippen LogP contribution is -2.10. The maximum Gasteiger partial charge on any atom is 0.221 e. The minimum Gasteiger partial charge on any atom is -0.495 e. The van der Waals surface area contributed by atoms with Crippen LogP contribution in [0, 0.1) is 0 Å². The van der Waals surface area contributed by atoms with Crippen LogP contribution >= 0.6 is 0 Å². The van der Waals surface area contributed by atoms with Crippen LogP contribution in [-0.2, 0) is 4.79 Å². The summed E-state index contributed by atoms with van der Waals surface area (Å²) in [6.45, 7) is 3.54. The third-order valence-corrected chi connectivity index (χ3v) is 3.10. The van der Waals surface area contributed by atoms with Crippen LogP contribution in [-0.4, -0.2) is 18.0 Å². The number of aromatic nitrogens is 1. The predicted octanol–water partition coefficient (Wildman–Crippen LogP) is 3.22. The Bertz CT molecular complexity index is 614. The highest BCUT2D eigenvalue weighted by Crippen LogP contribution is 2.30. The summed E-state index contributed by atoms with van der Waals surface area (Å²) < 4.78 is 5.35. The van der Waals surface area contributed by atoms with Crippen molar-refractivity contribution < 1.29 is 9.53 Å². The molecule has 1 aromatic carbocycles. The molecule has 2 rings (SSSR count). The number of methoxy groups -OCH3 is 1. The molecule has 0 radical (unpaired) electrons. The topological polar surface area (TPSA) is 63.2 Å². The van der Waals surface area contributed by atoms with E-state index in [9.17, 15) is 4.79 Å². The molecular formula is C16H19N3O2. The third-order valence-electron chi connectivity index (χ3n) is 3.10. The number of nitrogens with zero attached hydrogens (tertiary/aromatic N) is 1. The highest BCUT2D eigenvalue weighted by molar-refractivity contribution is 5.89. The molecule has 110 valence electrons. The zero-order chi connectivity index (χ0) is 15.2. The molecule has 5 nitrogen and oxygen atoms in total. The second-order valence-electron chi connectivity index (χ2n) is 4.74. The van der Waals surface area contributed by atoms with Gasteiger partial charge in [0.2, 0.25) is 5.91 Å². The van der Waals surface area contributed by atoms with Gasteiger partial charge in [-0.2, -0.15) is 0 Å². The molecule has 1 unspecified atom stereocenters. The first kappa shape index (κ1) is 14.8. The van der Waals surface area contributed by atoms with E-state index in [4.69, 9.17) is 4.74 Å². The van der Waals surface area contributed by atoms with Crippen LogP contribution in [0.2, 0.25) is 0 Å². The summed E-state index contributed by atoms with van der Waals surface area (Å²) in [5, 5.41) is 6.15. The van der Waals surface area contributed by atoms with E-state index >= 15 is 0 Å². The van der Waals surface area contributed by atoms with Gasteiger partial charge in [-0.05, 0) is 42.8 Å². The van der Waals surface area contributed by atoms with Crippen LogP contribution in [0.1, 0.15) is 25.5 Å². The van der Waals surface area contributed by atoms with E-state index < -0.39 is 0 Å². The molecule has 0 saturated carbocycles. The van der Waals surface area contributed by atoms with E-state index in [0.717, 1.165) is 22.7 Å². The van der Waals surface area contributed by atoms with E-state index in [1.165, 1.54) is 6.92 Å². The van der Waals surface area contributed by atoms with Crippen LogP contribution in [0.3, 0.4) is 0 Å². The molecule has 0 fully saturated rings. The minimum absolute atomic E-state index is 0.0921. The summed E-state index contributed by atoms with van der Waals surface area (Å²) in [5.41, 5.74) is 2.68. The van der Waals surface area contributed by atoms with E-state index in [2.05, 4.69) is 22.5 Å². The van der Waals surface area contributed by atoms with Gasteiger partial charge in [-0.3, -0.25) is 9.78 Å². The van der Waals surface area contributed by atoms with Crippen molar-refractivity contribution in [1.82, 2.24) is 4.98 Å². The van der Waals surface area contributed by atoms with Crippen molar-refractivity contribution in [3.8, 4) is 5.75 Å². The van der Waals surface area contributed by atoms with Gasteiger partial charge in [-0.1, -0.05) is 0 Å². The first-order valence-corrected chi connectivity index (χ1v) is 6.72. The number of benzene rings is 1. The highest BCUT2D eigenvalue weighted by atomic mass is 16.5. The fraction of sp³-hybridized carbons (Fsp3) is 0.250. The first-order chi connectivity index (χ1) is 10.1. The monoisotopic (exact) mass is 285 g/mol. The smallest absolute Gasteiger partial charge is 0.221 e. The van der Waals surface area contributed by atoms with Gasteiger partial charge in [0, 0.05) is 31.0 Å². The van der Waals surface area contributed by atoms with E-state index in [0.29, 0.717) is 0 Å². The number of rotatable bonds is 5. The molecule has 21 heavy (non-hydrogen) atoms. The number of amides is 1. The van der Waals surface area contributed by atoms with Crippen molar-refractivity contribution in [3.63, 3.8) is 0 Å². The Labute approximate surface area is 124 Å². The van der Waals surface area contributed by atoms with Gasteiger partial charge in [0.1, 0.15) is 5.75 Å². The average Bonchev–Trinajstić information content (AvgIpc) is 2.48. The minimum atomic E-state index is -0.103. The lowest BCUT2D eigenvalue weighted by molar-refractivity contribution is -0.114. The molecule has 1 aromatic heterocycles. The van der Waals surface area contributed by atoms with Crippen LogP contribution in [0.15, 0.2) is 42.7 Å². The number of nitrogens with one attached hydrogen (secondary N) is 2. The molecule has 0 bridgehead atoms. The fourth-order valence-corrected chi connectivity index (χ4v) is 2.07. The van der Waals surface area contributed by atoms with Crippen LogP contribution in [0.4, 0.5) is 11.4 Å². The van der Waals surface area contributed by atoms with Crippen molar-refractivity contribution in [2.24, 2.45) is 0 Å². The Morgan fingerprint density at radius 3 is 2.57 bits per heavy atom. The molecule has 1 amide bonds. The number of pyridine rings is 1. The van der Waals surface area contributed by atoms with Gasteiger partial charge < -0.3 is 15.4 Å². The number of carbonyl (C=O) groups excluding carboxylic acids is 1. The number of carbonyl (C=O) groups is 1. The quantitative estimate of drug-likeness (QED) is 0.885. The van der Waals surface area contributed by atoms with Crippen molar-refractivity contribution in [2.75, 3.05) is 17.7 Å². The van der Waals surface area contributed by atoms with Gasteiger partial charge in [-0.15, -0.1) is 0 Å². The lowest BCUT2D eigenvalue weighted by Gasteiger charge is -2.18. The van der Waals surface area contributed by atoms with Crippen molar-refractivity contribution in [2.45, 2.75) is 19.9 Å². The Hall–Kier alpha value is -2.56. The Kier molecular flexibility index (Phi) is 4.77. The van der Waals surface area contributed by atoms with Crippen LogP contribution in [0.5, 0.6) is 5.75 Å². The molecule has 0 saturated heterocycles. The molecule has 2 N–H and O–H groups in total. The zero-order valence-corrected chi connectivity index (χ0v) is 12.4. The molecule has 0 spiro atoms. The highest BCUT2D eigenvalue weighted by Gasteiger charge is 2.10. The second kappa shape index (κ2) is 6.74. The van der Waals surface area contributed by atoms with E-state index in [-0.39, 0.29) is 11.9 Å². The summed E-state index contributed by atoms with van der Waals surface area (Å²) >= 11 is 0. The standard InChI is InChI=1S/C16H19N3O2/c1-11(13-6-8-17-9-7-13)18-15-10-14(19-12(2)20)4-5-16(15)21-3/h4-11,18H,1-3H3,(H,19,20). The molecule has 0 aliphatic rings. The van der Waals surface area contributed by atoms with Crippen molar-refractivity contribution in [1.29, 1.82) is 0 Å². The maximum atomic E-state index is 11.2. The Morgan fingerprint density at radius 2 is 1.95 bits per heavy atom. The zero-order valence-electron chi connectivity index (χ0n) is 12.4. The SMILES string of the molecule is COc1ccc(NC(C)=O)cc1NC(C)c1ccncc1. The first-order valence-electron chi connectivity index (χ1n) is 6.72. The van der Waals surface area contributed by atoms with Gasteiger partial charge >= 0.3 is 0 Å². The largest absolute Gasteiger partial charge is 0.495 e. The number of hydrogen-bond donors (Lipinski definition) is 2. The average molecular weight is 285 g/mol. The fourth-order valence-electron chi connectivity index (χ4n) is 2.07. The summed E-state index contributed by atoms with van der Waals surface area (Å²) in [7, 11) is 1.62. The summed E-state index contributed by atoms with van der Waals surface area (Å²) in [5.74, 6) is 0.623. The predicted molar refractivity (Wildman–Crippen MR) is 83.6 cm³/mol. The molecule has 5 heteroatoms. The molecular weight excluding hydrogens is 266 g/mol. The maximum absolute atomic E-state index is 11.2. The van der Waals surface area contributed by atoms with Gasteiger partial charge in [0.05, 0.1) is 12.8 Å². The van der Waals surface area contributed by atoms with Crippen molar-refractivity contribution >= 4 is 17.3 Å². The number of anilines is 2. The second-order valence-corrected chi connectivity index (χ2v) is 4.74. The number of ether oxygens (including phenoxy) is 1. The van der Waals surface area contributed by atoms with Crippen LogP contribution in [0.25, 0.3) is 0 Å². The van der Waals surface area contributed by atoms with Crippen molar-refractivity contribution in [3.05, 3.63) is 48.3 Å². The molecule has 0 aliphatic carbocycles. The van der Waals surface area contributed by atoms with Gasteiger partial charge in [0.25, 0.3) is 0 Å². The Balaban J connectivity index is 2.22. The van der Waals surface area contributed by atoms with Crippen LogP contribution < -0.4 is 15.4 Å². The lowest BCUT2D eigenvalue weighted by atomic mass is 10.1. The molecule has 2 aromatic rings. The summed E-state index contributed by atoms with van der Waals surface area (Å²) in [6, 6.07) is 9.51. The molecule has 0 aliphatic heterocycles. The molecule has 1 heterocycles. The number of hydrogen-bond acceptors (Lipinski definition) is 4. The Morgan fingerprint density at radius 1 is 1.24 bits per heavy atom. The van der Waals surface area contributed by atoms with E-state index in [1.807, 2.05) is 30.3 Å². The molecule has 1 atom stereocenters. The summed E-state index contributed by atoms with van der Waals surface area (Å²) in [4.78, 5) is 15.2. The third kappa shape index (κ3) is 3.95.